The van der Waals surface area contributed by atoms with E-state index < -0.39 is 27.7 Å². The molecular formula is C37H43BrN2O6S. The molecule has 0 radical (unpaired) electrons. The van der Waals surface area contributed by atoms with Crippen LogP contribution in [0.3, 0.4) is 0 Å². The molecule has 3 aromatic carbocycles. The summed E-state index contributed by atoms with van der Waals surface area (Å²) in [4.78, 5) is 26.8. The number of carbonyl (C=O) groups is 1. The Morgan fingerprint density at radius 1 is 0.936 bits per heavy atom. The van der Waals surface area contributed by atoms with Crippen LogP contribution in [0.25, 0.3) is 11.1 Å². The van der Waals surface area contributed by atoms with Crippen molar-refractivity contribution in [2.45, 2.75) is 73.3 Å². The van der Waals surface area contributed by atoms with E-state index in [9.17, 15) is 18.0 Å². The van der Waals surface area contributed by atoms with Gasteiger partial charge < -0.3 is 14.0 Å². The molecule has 10 heteroatoms. The maximum atomic E-state index is 14.1. The number of ether oxygens (including phenoxy) is 2. The first-order valence-electron chi connectivity index (χ1n) is 15.3. The lowest BCUT2D eigenvalue weighted by molar-refractivity contribution is -0.168. The third-order valence-corrected chi connectivity index (χ3v) is 10.1. The smallest absolute Gasteiger partial charge is 0.340 e. The molecule has 0 spiro atoms. The van der Waals surface area contributed by atoms with Gasteiger partial charge in [0, 0.05) is 28.8 Å². The van der Waals surface area contributed by atoms with Gasteiger partial charge in [-0.25, -0.2) is 13.2 Å². The highest BCUT2D eigenvalue weighted by molar-refractivity contribution is 9.10. The van der Waals surface area contributed by atoms with Crippen molar-refractivity contribution in [3.05, 3.63) is 121 Å². The molecule has 1 heterocycles. The third-order valence-electron chi connectivity index (χ3n) is 7.99. The summed E-state index contributed by atoms with van der Waals surface area (Å²) in [7, 11) is -2.23. The number of halogens is 1. The average Bonchev–Trinajstić information content (AvgIpc) is 2.99. The molecule has 0 saturated carbocycles. The minimum absolute atomic E-state index is 0.0444. The highest BCUT2D eigenvalue weighted by Gasteiger charge is 2.36. The summed E-state index contributed by atoms with van der Waals surface area (Å²) in [5.41, 5.74) is 5.79. The molecule has 250 valence electrons. The fraction of sp³-hybridized carbons (Fsp3) is 0.351. The van der Waals surface area contributed by atoms with E-state index in [1.54, 1.807) is 27.0 Å². The third kappa shape index (κ3) is 8.41. The quantitative estimate of drug-likeness (QED) is 0.156. The van der Waals surface area contributed by atoms with Gasteiger partial charge in [-0.05, 0) is 104 Å². The Hall–Kier alpha value is -3.73. The number of nitrogens with zero attached hydrogens (tertiary/aromatic N) is 2. The van der Waals surface area contributed by atoms with Crippen molar-refractivity contribution < 1.29 is 22.7 Å². The predicted molar refractivity (Wildman–Crippen MR) is 191 cm³/mol. The number of hydrogen-bond donors (Lipinski definition) is 0. The second kappa shape index (κ2) is 14.2. The van der Waals surface area contributed by atoms with E-state index in [-0.39, 0.29) is 18.7 Å². The van der Waals surface area contributed by atoms with Gasteiger partial charge in [0.1, 0.15) is 6.61 Å². The van der Waals surface area contributed by atoms with Crippen molar-refractivity contribution in [3.63, 3.8) is 0 Å². The molecule has 47 heavy (non-hydrogen) atoms. The summed E-state index contributed by atoms with van der Waals surface area (Å²) in [5, 5.41) is 0. The van der Waals surface area contributed by atoms with Crippen LogP contribution < -0.4 is 9.86 Å². The molecule has 0 unspecified atom stereocenters. The number of sulfonamides is 1. The van der Waals surface area contributed by atoms with Gasteiger partial charge in [0.25, 0.3) is 5.56 Å². The topological polar surface area (TPSA) is 94.9 Å². The molecule has 0 aliphatic carbocycles. The average molecular weight is 724 g/mol. The molecule has 4 rings (SSSR count). The SMILES string of the molecule is Cc1ccc(-c2c(C)c(Br)c(N(Cc3cc(C)n(C)c(=O)c3)S(C)(=O)=O)c(C)c2[C@H](OC(C)(C)C)C(=O)OCc2ccccc2)cc1. The van der Waals surface area contributed by atoms with E-state index >= 15 is 0 Å². The van der Waals surface area contributed by atoms with Crippen LogP contribution in [0.5, 0.6) is 0 Å². The molecule has 0 bridgehead atoms. The van der Waals surface area contributed by atoms with Crippen LogP contribution in [0.1, 0.15) is 65.9 Å². The molecular weight excluding hydrogens is 680 g/mol. The van der Waals surface area contributed by atoms with Gasteiger partial charge in [-0.1, -0.05) is 60.2 Å². The van der Waals surface area contributed by atoms with Crippen molar-refractivity contribution in [3.8, 4) is 11.1 Å². The van der Waals surface area contributed by atoms with Crippen LogP contribution in [-0.4, -0.2) is 30.8 Å². The fourth-order valence-corrected chi connectivity index (χ4v) is 7.29. The molecule has 0 aliphatic rings. The van der Waals surface area contributed by atoms with Crippen LogP contribution in [0.4, 0.5) is 5.69 Å². The highest BCUT2D eigenvalue weighted by atomic mass is 79.9. The van der Waals surface area contributed by atoms with Crippen LogP contribution in [0.15, 0.2) is 76.0 Å². The maximum absolute atomic E-state index is 14.1. The lowest BCUT2D eigenvalue weighted by Gasteiger charge is -2.33. The maximum Gasteiger partial charge on any atom is 0.340 e. The van der Waals surface area contributed by atoms with E-state index in [0.29, 0.717) is 32.5 Å². The van der Waals surface area contributed by atoms with E-state index in [2.05, 4.69) is 15.9 Å². The van der Waals surface area contributed by atoms with Crippen molar-refractivity contribution in [1.29, 1.82) is 0 Å². The molecule has 1 atom stereocenters. The number of anilines is 1. The van der Waals surface area contributed by atoms with Gasteiger partial charge in [-0.15, -0.1) is 0 Å². The van der Waals surface area contributed by atoms with E-state index in [1.165, 1.54) is 14.9 Å². The summed E-state index contributed by atoms with van der Waals surface area (Å²) >= 11 is 3.75. The first-order valence-corrected chi connectivity index (χ1v) is 18.0. The fourth-order valence-electron chi connectivity index (χ4n) is 5.52. The molecule has 0 aliphatic heterocycles. The molecule has 0 N–H and O–H groups in total. The van der Waals surface area contributed by atoms with E-state index in [1.807, 2.05) is 89.2 Å². The minimum atomic E-state index is -3.90. The lowest BCUT2D eigenvalue weighted by atomic mass is 9.87. The molecule has 4 aromatic rings. The van der Waals surface area contributed by atoms with Gasteiger partial charge in [-0.2, -0.15) is 0 Å². The first kappa shape index (κ1) is 36.1. The van der Waals surface area contributed by atoms with Crippen LogP contribution in [0, 0.1) is 27.7 Å². The van der Waals surface area contributed by atoms with Crippen LogP contribution >= 0.6 is 15.9 Å². The van der Waals surface area contributed by atoms with Gasteiger partial charge in [-0.3, -0.25) is 9.10 Å². The standard InChI is InChI=1S/C37H43BrN2O6S/c1-23-15-17-29(18-16-23)31-25(3)33(38)34(40(47(9,43)44)21-28-19-24(2)39(8)30(41)20-28)26(4)32(31)35(46-37(5,6)7)36(42)45-22-27-13-11-10-12-14-27/h10-20,35H,21-22H2,1-9H3/t35-/m0/s1. The van der Waals surface area contributed by atoms with Crippen molar-refractivity contribution in [1.82, 2.24) is 4.57 Å². The Morgan fingerprint density at radius 2 is 1.55 bits per heavy atom. The van der Waals surface area contributed by atoms with Gasteiger partial charge in [0.15, 0.2) is 6.10 Å². The molecule has 0 fully saturated rings. The molecule has 0 saturated heterocycles. The Bertz CT molecular complexity index is 1950. The zero-order valence-electron chi connectivity index (χ0n) is 28.5. The first-order chi connectivity index (χ1) is 21.9. The van der Waals surface area contributed by atoms with Crippen LogP contribution in [0.2, 0.25) is 0 Å². The van der Waals surface area contributed by atoms with Crippen molar-refractivity contribution >= 4 is 37.6 Å². The summed E-state index contributed by atoms with van der Waals surface area (Å²) < 4.78 is 42.9. The number of aryl methyl sites for hydroxylation is 2. The summed E-state index contributed by atoms with van der Waals surface area (Å²) in [5.74, 6) is -0.596. The van der Waals surface area contributed by atoms with E-state index in [4.69, 9.17) is 9.47 Å². The van der Waals surface area contributed by atoms with Crippen LogP contribution in [-0.2, 0) is 44.5 Å². The zero-order chi connectivity index (χ0) is 34.8. The van der Waals surface area contributed by atoms with Gasteiger partial charge in [0.05, 0.1) is 24.1 Å². The van der Waals surface area contributed by atoms with Crippen molar-refractivity contribution in [2.75, 3.05) is 10.6 Å². The number of aromatic nitrogens is 1. The Morgan fingerprint density at radius 3 is 2.11 bits per heavy atom. The van der Waals surface area contributed by atoms with Crippen molar-refractivity contribution in [2.24, 2.45) is 7.05 Å². The minimum Gasteiger partial charge on any atom is -0.459 e. The Labute approximate surface area is 286 Å². The van der Waals surface area contributed by atoms with Gasteiger partial charge >= 0.3 is 5.97 Å². The zero-order valence-corrected chi connectivity index (χ0v) is 30.9. The van der Waals surface area contributed by atoms with E-state index in [0.717, 1.165) is 34.1 Å². The Balaban J connectivity index is 2.02. The van der Waals surface area contributed by atoms with Gasteiger partial charge in [0.2, 0.25) is 10.0 Å². The second-order valence-electron chi connectivity index (χ2n) is 12.9. The number of carbonyl (C=O) groups excluding carboxylic acids is 1. The number of benzene rings is 3. The predicted octanol–water partition coefficient (Wildman–Crippen LogP) is 7.61. The normalized spacial score (nSPS) is 12.6. The number of esters is 1. The largest absolute Gasteiger partial charge is 0.459 e. The Kier molecular flexibility index (Phi) is 10.9. The summed E-state index contributed by atoms with van der Waals surface area (Å²) in [6.45, 7) is 13.0. The molecule has 8 nitrogen and oxygen atoms in total. The second-order valence-corrected chi connectivity index (χ2v) is 15.6. The number of hydrogen-bond acceptors (Lipinski definition) is 6. The summed E-state index contributed by atoms with van der Waals surface area (Å²) in [6.07, 6.45) is -0.0688. The summed E-state index contributed by atoms with van der Waals surface area (Å²) in [6, 6.07) is 20.6. The monoisotopic (exact) mass is 722 g/mol. The highest BCUT2D eigenvalue weighted by Crippen LogP contribution is 2.47. The lowest BCUT2D eigenvalue weighted by Crippen LogP contribution is -2.33. The number of pyridine rings is 1. The number of rotatable bonds is 10. The molecule has 1 aromatic heterocycles. The molecule has 0 amide bonds.